The minimum Gasteiger partial charge on any atom is -0.451 e. The number of rotatable bonds is 5. The molecule has 1 aromatic heterocycles. The summed E-state index contributed by atoms with van der Waals surface area (Å²) in [7, 11) is 0. The fourth-order valence-corrected chi connectivity index (χ4v) is 2.88. The number of likely N-dealkylation sites (tertiary alicyclic amines) is 1. The van der Waals surface area contributed by atoms with E-state index in [1.807, 2.05) is 0 Å². The molecule has 8 heteroatoms. The van der Waals surface area contributed by atoms with Gasteiger partial charge in [0.1, 0.15) is 11.4 Å². The maximum atomic E-state index is 13.2. The molecule has 0 aliphatic carbocycles. The van der Waals surface area contributed by atoms with Crippen LogP contribution in [-0.4, -0.2) is 41.8 Å². The summed E-state index contributed by atoms with van der Waals surface area (Å²) >= 11 is 0. The molecule has 25 heavy (non-hydrogen) atoms. The lowest BCUT2D eigenvalue weighted by Crippen LogP contribution is -2.38. The summed E-state index contributed by atoms with van der Waals surface area (Å²) in [6.45, 7) is 0.881. The normalized spacial score (nSPS) is 17.0. The average Bonchev–Trinajstić information content (AvgIpc) is 3.18. The Bertz CT molecular complexity index is 832. The molecular formula is C17H18FN3O4. The van der Waals surface area contributed by atoms with Gasteiger partial charge in [0.25, 0.3) is 5.91 Å². The molecule has 2 heterocycles. The van der Waals surface area contributed by atoms with Crippen molar-refractivity contribution in [2.75, 3.05) is 13.1 Å². The number of nitrogens with two attached hydrogens (primary N) is 1. The molecule has 132 valence electrons. The molecule has 3 N–H and O–H groups in total. The summed E-state index contributed by atoms with van der Waals surface area (Å²) in [6, 6.07) is 5.31. The highest BCUT2D eigenvalue weighted by Crippen LogP contribution is 2.21. The van der Waals surface area contributed by atoms with Crippen LogP contribution in [0, 0.1) is 5.82 Å². The van der Waals surface area contributed by atoms with Crippen molar-refractivity contribution in [3.63, 3.8) is 0 Å². The van der Waals surface area contributed by atoms with Gasteiger partial charge in [0.15, 0.2) is 5.76 Å². The standard InChI is InChI=1S/C17H18FN3O4/c18-11-1-2-13-10(7-11)8-14(25-13)17(24)20-12-5-6-21(9-12)16(23)4-3-15(19)22/h1-2,7-8,12H,3-6,9H2,(H2,19,22)(H,20,24)/t12-/m0/s1. The predicted molar refractivity (Wildman–Crippen MR) is 87.1 cm³/mol. The highest BCUT2D eigenvalue weighted by molar-refractivity contribution is 5.96. The maximum Gasteiger partial charge on any atom is 0.287 e. The van der Waals surface area contributed by atoms with Gasteiger partial charge in [-0.2, -0.15) is 0 Å². The van der Waals surface area contributed by atoms with Gasteiger partial charge in [0.05, 0.1) is 0 Å². The maximum absolute atomic E-state index is 13.2. The number of nitrogens with one attached hydrogen (secondary N) is 1. The largest absolute Gasteiger partial charge is 0.451 e. The molecule has 1 atom stereocenters. The third-order valence-electron chi connectivity index (χ3n) is 4.16. The molecule has 3 rings (SSSR count). The number of hydrogen-bond donors (Lipinski definition) is 2. The number of carbonyl (C=O) groups excluding carboxylic acids is 3. The average molecular weight is 347 g/mol. The van der Waals surface area contributed by atoms with Crippen LogP contribution in [0.3, 0.4) is 0 Å². The van der Waals surface area contributed by atoms with Gasteiger partial charge >= 0.3 is 0 Å². The molecule has 0 saturated carbocycles. The summed E-state index contributed by atoms with van der Waals surface area (Å²) in [6.07, 6.45) is 0.704. The van der Waals surface area contributed by atoms with E-state index in [-0.39, 0.29) is 30.6 Å². The van der Waals surface area contributed by atoms with Crippen molar-refractivity contribution in [3.8, 4) is 0 Å². The molecule has 1 aliphatic heterocycles. The SMILES string of the molecule is NC(=O)CCC(=O)N1CC[C@H](NC(=O)c2cc3cc(F)ccc3o2)C1. The van der Waals surface area contributed by atoms with E-state index in [9.17, 15) is 18.8 Å². The first-order chi connectivity index (χ1) is 11.9. The Kier molecular flexibility index (Phi) is 4.69. The Morgan fingerprint density at radius 2 is 2.08 bits per heavy atom. The topological polar surface area (TPSA) is 106 Å². The number of primary amides is 1. The fraction of sp³-hybridized carbons (Fsp3) is 0.353. The molecule has 0 radical (unpaired) electrons. The van der Waals surface area contributed by atoms with Crippen molar-refractivity contribution in [1.82, 2.24) is 10.2 Å². The van der Waals surface area contributed by atoms with Crippen molar-refractivity contribution in [3.05, 3.63) is 35.8 Å². The van der Waals surface area contributed by atoms with E-state index >= 15 is 0 Å². The van der Waals surface area contributed by atoms with Crippen LogP contribution < -0.4 is 11.1 Å². The molecule has 1 fully saturated rings. The van der Waals surface area contributed by atoms with Crippen molar-refractivity contribution in [2.45, 2.75) is 25.3 Å². The van der Waals surface area contributed by atoms with Crippen LogP contribution in [0.2, 0.25) is 0 Å². The van der Waals surface area contributed by atoms with Crippen LogP contribution >= 0.6 is 0 Å². The van der Waals surface area contributed by atoms with E-state index in [4.69, 9.17) is 10.2 Å². The van der Waals surface area contributed by atoms with Gasteiger partial charge in [-0.25, -0.2) is 4.39 Å². The molecule has 0 spiro atoms. The first kappa shape index (κ1) is 16.9. The molecule has 2 aromatic rings. The number of halogens is 1. The van der Waals surface area contributed by atoms with Crippen LogP contribution in [0.25, 0.3) is 11.0 Å². The number of carbonyl (C=O) groups is 3. The van der Waals surface area contributed by atoms with Crippen molar-refractivity contribution < 1.29 is 23.2 Å². The second-order valence-electron chi connectivity index (χ2n) is 6.06. The zero-order chi connectivity index (χ0) is 18.0. The van der Waals surface area contributed by atoms with Gasteiger partial charge in [-0.3, -0.25) is 14.4 Å². The van der Waals surface area contributed by atoms with Gasteiger partial charge in [-0.15, -0.1) is 0 Å². The van der Waals surface area contributed by atoms with Crippen molar-refractivity contribution in [1.29, 1.82) is 0 Å². The number of benzene rings is 1. The lowest BCUT2D eigenvalue weighted by Gasteiger charge is -2.16. The van der Waals surface area contributed by atoms with Crippen LogP contribution in [0.5, 0.6) is 0 Å². The molecule has 1 saturated heterocycles. The Hall–Kier alpha value is -2.90. The summed E-state index contributed by atoms with van der Waals surface area (Å²) < 4.78 is 18.6. The van der Waals surface area contributed by atoms with E-state index in [2.05, 4.69) is 5.32 Å². The number of hydrogen-bond acceptors (Lipinski definition) is 4. The van der Waals surface area contributed by atoms with Crippen molar-refractivity contribution >= 4 is 28.7 Å². The third-order valence-corrected chi connectivity index (χ3v) is 4.16. The highest BCUT2D eigenvalue weighted by atomic mass is 19.1. The molecule has 1 aromatic carbocycles. The number of nitrogens with zero attached hydrogens (tertiary/aromatic N) is 1. The van der Waals surface area contributed by atoms with Crippen LogP contribution in [0.15, 0.2) is 28.7 Å². The first-order valence-electron chi connectivity index (χ1n) is 7.98. The minimum atomic E-state index is -0.515. The molecule has 7 nitrogen and oxygen atoms in total. The number of fused-ring (bicyclic) bond motifs is 1. The smallest absolute Gasteiger partial charge is 0.287 e. The first-order valence-corrected chi connectivity index (χ1v) is 7.98. The quantitative estimate of drug-likeness (QED) is 0.847. The van der Waals surface area contributed by atoms with Crippen molar-refractivity contribution in [2.24, 2.45) is 5.73 Å². The van der Waals surface area contributed by atoms with Crippen LogP contribution in [-0.2, 0) is 9.59 Å². The molecule has 1 aliphatic rings. The summed E-state index contributed by atoms with van der Waals surface area (Å²) in [5, 5.41) is 3.32. The summed E-state index contributed by atoms with van der Waals surface area (Å²) in [5.74, 6) is -1.39. The third kappa shape index (κ3) is 3.96. The van der Waals surface area contributed by atoms with Crippen LogP contribution in [0.4, 0.5) is 4.39 Å². The Balaban J connectivity index is 1.58. The summed E-state index contributed by atoms with van der Waals surface area (Å²) in [5.41, 5.74) is 5.47. The fourth-order valence-electron chi connectivity index (χ4n) is 2.88. The van der Waals surface area contributed by atoms with E-state index in [1.54, 1.807) is 4.90 Å². The number of amides is 3. The Morgan fingerprint density at radius 1 is 1.28 bits per heavy atom. The molecule has 3 amide bonds. The predicted octanol–water partition coefficient (Wildman–Crippen LogP) is 1.17. The monoisotopic (exact) mass is 347 g/mol. The molecule has 0 unspecified atom stereocenters. The number of furan rings is 1. The second-order valence-corrected chi connectivity index (χ2v) is 6.06. The minimum absolute atomic E-state index is 0.0158. The van der Waals surface area contributed by atoms with E-state index in [0.717, 1.165) is 0 Å². The Labute approximate surface area is 142 Å². The second kappa shape index (κ2) is 6.92. The molecule has 0 bridgehead atoms. The van der Waals surface area contributed by atoms with Gasteiger partial charge in [0, 0.05) is 37.4 Å². The van der Waals surface area contributed by atoms with Gasteiger partial charge < -0.3 is 20.4 Å². The van der Waals surface area contributed by atoms with Gasteiger partial charge in [-0.05, 0) is 30.7 Å². The Morgan fingerprint density at radius 3 is 2.84 bits per heavy atom. The van der Waals surface area contributed by atoms with Crippen LogP contribution in [0.1, 0.15) is 29.8 Å². The van der Waals surface area contributed by atoms with Gasteiger partial charge in [0.2, 0.25) is 11.8 Å². The highest BCUT2D eigenvalue weighted by Gasteiger charge is 2.28. The van der Waals surface area contributed by atoms with E-state index in [1.165, 1.54) is 24.3 Å². The lowest BCUT2D eigenvalue weighted by molar-refractivity contribution is -0.132. The lowest BCUT2D eigenvalue weighted by atomic mass is 10.2. The van der Waals surface area contributed by atoms with Gasteiger partial charge in [-0.1, -0.05) is 0 Å². The zero-order valence-corrected chi connectivity index (χ0v) is 13.5. The molecular weight excluding hydrogens is 329 g/mol. The van der Waals surface area contributed by atoms with E-state index < -0.39 is 17.6 Å². The summed E-state index contributed by atoms with van der Waals surface area (Å²) in [4.78, 5) is 36.6. The zero-order valence-electron chi connectivity index (χ0n) is 13.5. The van der Waals surface area contributed by atoms with E-state index in [0.29, 0.717) is 30.5 Å².